The van der Waals surface area contributed by atoms with Crippen LogP contribution in [0.4, 0.5) is 10.1 Å². The van der Waals surface area contributed by atoms with Gasteiger partial charge in [0, 0.05) is 16.6 Å². The quantitative estimate of drug-likeness (QED) is 0.549. The van der Waals surface area contributed by atoms with Crippen LogP contribution in [0.1, 0.15) is 61.8 Å². The molecule has 0 spiro atoms. The zero-order chi connectivity index (χ0) is 23.3. The lowest BCUT2D eigenvalue weighted by atomic mass is 9.86. The number of hydrogen-bond acceptors (Lipinski definition) is 3. The molecule has 0 bridgehead atoms. The number of thiophene rings is 1. The fraction of sp³-hybridized carbons (Fsp3) is 0.462. The summed E-state index contributed by atoms with van der Waals surface area (Å²) in [7, 11) is 0. The maximum Gasteiger partial charge on any atom is 0.275 e. The fourth-order valence-electron chi connectivity index (χ4n) is 5.27. The summed E-state index contributed by atoms with van der Waals surface area (Å²) in [5.41, 5.74) is 0.755. The Hall–Kier alpha value is -2.67. The number of benzene rings is 1. The number of aryl methyl sites for hydroxylation is 1. The van der Waals surface area contributed by atoms with Gasteiger partial charge in [0.05, 0.1) is 16.8 Å². The largest absolute Gasteiger partial charge is 0.351 e. The predicted octanol–water partition coefficient (Wildman–Crippen LogP) is 5.52. The Bertz CT molecular complexity index is 1220. The minimum Gasteiger partial charge on any atom is -0.351 e. The number of nitrogens with zero attached hydrogens (tertiary/aromatic N) is 2. The van der Waals surface area contributed by atoms with Crippen LogP contribution in [0.5, 0.6) is 0 Å². The van der Waals surface area contributed by atoms with Crippen LogP contribution in [0.2, 0.25) is 0 Å². The second-order valence-corrected chi connectivity index (χ2v) is 10.9. The van der Waals surface area contributed by atoms with Gasteiger partial charge in [0.25, 0.3) is 5.91 Å². The molecule has 1 unspecified atom stereocenters. The molecule has 5 nitrogen and oxygen atoms in total. The van der Waals surface area contributed by atoms with Crippen molar-refractivity contribution in [1.29, 1.82) is 0 Å². The molecule has 0 saturated heterocycles. The monoisotopic (exact) mass is 467 g/mol. The Morgan fingerprint density at radius 3 is 2.67 bits per heavy atom. The van der Waals surface area contributed by atoms with E-state index in [0.29, 0.717) is 23.8 Å². The van der Waals surface area contributed by atoms with E-state index in [4.69, 9.17) is 0 Å². The van der Waals surface area contributed by atoms with Crippen LogP contribution in [0.3, 0.4) is 0 Å². The van der Waals surface area contributed by atoms with E-state index < -0.39 is 11.4 Å². The SMILES string of the molecule is CCc1cc2c(cc3n2CC(C)(C(=O)NC2CCC(C)CC2)N(c2cccc(F)c2)C3=O)s1. The molecular formula is C26H30FN3O2S. The van der Waals surface area contributed by atoms with Gasteiger partial charge in [-0.1, -0.05) is 19.9 Å². The molecule has 1 atom stereocenters. The van der Waals surface area contributed by atoms with E-state index in [-0.39, 0.29) is 17.9 Å². The number of fused-ring (bicyclic) bond motifs is 3. The molecule has 1 saturated carbocycles. The molecule has 7 heteroatoms. The molecular weight excluding hydrogens is 437 g/mol. The highest BCUT2D eigenvalue weighted by Crippen LogP contribution is 2.39. The van der Waals surface area contributed by atoms with Crippen LogP contribution < -0.4 is 10.2 Å². The van der Waals surface area contributed by atoms with Crippen LogP contribution in [0, 0.1) is 11.7 Å². The Morgan fingerprint density at radius 1 is 1.21 bits per heavy atom. The van der Waals surface area contributed by atoms with Crippen LogP contribution in [-0.2, 0) is 17.8 Å². The first-order chi connectivity index (χ1) is 15.8. The summed E-state index contributed by atoms with van der Waals surface area (Å²) in [5, 5.41) is 3.23. The minimum absolute atomic E-state index is 0.105. The number of carbonyl (C=O) groups is 2. The number of hydrogen-bond donors (Lipinski definition) is 1. The lowest BCUT2D eigenvalue weighted by molar-refractivity contribution is -0.127. The number of aromatic nitrogens is 1. The normalized spacial score (nSPS) is 25.3. The van der Waals surface area contributed by atoms with Gasteiger partial charge in [-0.05, 0) is 75.3 Å². The van der Waals surface area contributed by atoms with E-state index >= 15 is 0 Å². The summed E-state index contributed by atoms with van der Waals surface area (Å²) in [5.74, 6) is -0.212. The zero-order valence-corrected chi connectivity index (χ0v) is 20.2. The van der Waals surface area contributed by atoms with Crippen molar-refractivity contribution in [3.8, 4) is 0 Å². The Morgan fingerprint density at radius 2 is 1.97 bits per heavy atom. The van der Waals surface area contributed by atoms with Crippen molar-refractivity contribution < 1.29 is 14.0 Å². The third-order valence-corrected chi connectivity index (χ3v) is 8.49. The third-order valence-electron chi connectivity index (χ3n) is 7.28. The van der Waals surface area contributed by atoms with Gasteiger partial charge in [-0.2, -0.15) is 0 Å². The second kappa shape index (κ2) is 8.28. The first-order valence-electron chi connectivity index (χ1n) is 11.8. The molecule has 3 aromatic rings. The smallest absolute Gasteiger partial charge is 0.275 e. The van der Waals surface area contributed by atoms with Gasteiger partial charge in [-0.25, -0.2) is 4.39 Å². The average Bonchev–Trinajstić information content (AvgIpc) is 3.34. The fourth-order valence-corrected chi connectivity index (χ4v) is 6.31. The van der Waals surface area contributed by atoms with Gasteiger partial charge >= 0.3 is 0 Å². The summed E-state index contributed by atoms with van der Waals surface area (Å²) in [6, 6.07) is 10.1. The van der Waals surface area contributed by atoms with E-state index in [9.17, 15) is 14.0 Å². The highest BCUT2D eigenvalue weighted by atomic mass is 32.1. The molecule has 1 aliphatic heterocycles. The van der Waals surface area contributed by atoms with Gasteiger partial charge in [0.2, 0.25) is 5.91 Å². The maximum absolute atomic E-state index is 14.2. The lowest BCUT2D eigenvalue weighted by Crippen LogP contribution is -2.65. The average molecular weight is 468 g/mol. The molecule has 2 amide bonds. The Balaban J connectivity index is 1.58. The molecule has 2 aliphatic rings. The molecule has 3 heterocycles. The standard InChI is InChI=1S/C26H30FN3O2S/c1-4-20-13-21-23(33-20)14-22-24(31)30(19-7-5-6-17(27)12-19)26(3,15-29(21)22)25(32)28-18-10-8-16(2)9-11-18/h5-7,12-14,16,18H,4,8-11,15H2,1-3H3,(H,28,32). The first kappa shape index (κ1) is 22.1. The lowest BCUT2D eigenvalue weighted by Gasteiger charge is -2.44. The number of rotatable bonds is 4. The Labute approximate surface area is 197 Å². The minimum atomic E-state index is -1.18. The molecule has 174 valence electrons. The molecule has 2 aromatic heterocycles. The summed E-state index contributed by atoms with van der Waals surface area (Å²) in [6.07, 6.45) is 4.99. The van der Waals surface area contributed by atoms with E-state index in [1.54, 1.807) is 30.4 Å². The third kappa shape index (κ3) is 3.76. The number of anilines is 1. The van der Waals surface area contributed by atoms with E-state index in [1.807, 2.05) is 10.6 Å². The van der Waals surface area contributed by atoms with Crippen molar-refractivity contribution in [2.24, 2.45) is 5.92 Å². The van der Waals surface area contributed by atoms with Crippen molar-refractivity contribution in [2.45, 2.75) is 71.0 Å². The second-order valence-electron chi connectivity index (χ2n) is 9.76. The summed E-state index contributed by atoms with van der Waals surface area (Å²) >= 11 is 1.68. The molecule has 1 fully saturated rings. The number of halogens is 1. The van der Waals surface area contributed by atoms with E-state index in [0.717, 1.165) is 42.3 Å². The predicted molar refractivity (Wildman–Crippen MR) is 130 cm³/mol. The van der Waals surface area contributed by atoms with Crippen LogP contribution in [0.25, 0.3) is 10.2 Å². The molecule has 5 rings (SSSR count). The number of amides is 2. The molecule has 33 heavy (non-hydrogen) atoms. The van der Waals surface area contributed by atoms with Gasteiger partial charge in [0.1, 0.15) is 17.1 Å². The topological polar surface area (TPSA) is 54.3 Å². The van der Waals surface area contributed by atoms with Crippen LogP contribution in [-0.4, -0.2) is 28.0 Å². The van der Waals surface area contributed by atoms with Gasteiger partial charge in [-0.15, -0.1) is 11.3 Å². The molecule has 1 aliphatic carbocycles. The first-order valence-corrected chi connectivity index (χ1v) is 12.6. The summed E-state index contributed by atoms with van der Waals surface area (Å²) in [4.78, 5) is 30.4. The van der Waals surface area contributed by atoms with Gasteiger partial charge in [-0.3, -0.25) is 14.5 Å². The summed E-state index contributed by atoms with van der Waals surface area (Å²) < 4.78 is 17.2. The van der Waals surface area contributed by atoms with Crippen LogP contribution >= 0.6 is 11.3 Å². The van der Waals surface area contributed by atoms with Gasteiger partial charge < -0.3 is 9.88 Å². The van der Waals surface area contributed by atoms with Gasteiger partial charge in [0.15, 0.2) is 0 Å². The van der Waals surface area contributed by atoms with Crippen molar-refractivity contribution >= 4 is 39.1 Å². The highest BCUT2D eigenvalue weighted by Gasteiger charge is 2.49. The highest BCUT2D eigenvalue weighted by molar-refractivity contribution is 7.19. The molecule has 0 radical (unpaired) electrons. The van der Waals surface area contributed by atoms with Crippen molar-refractivity contribution in [2.75, 3.05) is 4.90 Å². The van der Waals surface area contributed by atoms with Crippen molar-refractivity contribution in [1.82, 2.24) is 9.88 Å². The van der Waals surface area contributed by atoms with E-state index in [2.05, 4.69) is 25.2 Å². The number of nitrogens with one attached hydrogen (secondary N) is 1. The van der Waals surface area contributed by atoms with Crippen molar-refractivity contribution in [3.05, 3.63) is 52.8 Å². The van der Waals surface area contributed by atoms with Crippen LogP contribution in [0.15, 0.2) is 36.4 Å². The molecule has 1 N–H and O–H groups in total. The molecule has 1 aromatic carbocycles. The van der Waals surface area contributed by atoms with E-state index in [1.165, 1.54) is 21.9 Å². The Kier molecular flexibility index (Phi) is 5.55. The summed E-state index contributed by atoms with van der Waals surface area (Å²) in [6.45, 7) is 6.48. The zero-order valence-electron chi connectivity index (χ0n) is 19.4. The van der Waals surface area contributed by atoms with Crippen molar-refractivity contribution in [3.63, 3.8) is 0 Å². The number of carbonyl (C=O) groups excluding carboxylic acids is 2. The maximum atomic E-state index is 14.2.